The van der Waals surface area contributed by atoms with E-state index in [-0.39, 0.29) is 36.5 Å². The van der Waals surface area contributed by atoms with E-state index in [1.54, 1.807) is 6.92 Å². The third-order valence-corrected chi connectivity index (χ3v) is 2.97. The van der Waals surface area contributed by atoms with Crippen molar-refractivity contribution in [3.8, 4) is 0 Å². The zero-order valence-corrected chi connectivity index (χ0v) is 12.8. The molecular weight excluding hydrogens is 244 g/mol. The maximum Gasteiger partial charge on any atom is 0.308 e. The number of unbranched alkanes of at least 4 members (excludes halogenated alkanes) is 1. The quantitative estimate of drug-likeness (QED) is 0.569. The maximum absolute atomic E-state index is 11.8. The molecule has 2 N–H and O–H groups in total. The summed E-state index contributed by atoms with van der Waals surface area (Å²) in [6.45, 7) is 10.6. The standard InChI is InChI=1S/C12H22N2O3.C2H6/c1-4-5-6-13-8(2)12(16)14-10-7-11(15)17-9(10)3;1-2/h8-10,13H,4-7H2,1-3H3,(H,14,16);1-2H3/t8-,9-,10-;/m0./s1. The van der Waals surface area contributed by atoms with E-state index in [1.807, 2.05) is 20.8 Å². The van der Waals surface area contributed by atoms with Crippen LogP contribution in [0.25, 0.3) is 0 Å². The highest BCUT2D eigenvalue weighted by Crippen LogP contribution is 2.14. The summed E-state index contributed by atoms with van der Waals surface area (Å²) < 4.78 is 4.98. The second-order valence-corrected chi connectivity index (χ2v) is 4.54. The fourth-order valence-corrected chi connectivity index (χ4v) is 1.75. The van der Waals surface area contributed by atoms with E-state index in [9.17, 15) is 9.59 Å². The van der Waals surface area contributed by atoms with Gasteiger partial charge in [-0.05, 0) is 26.8 Å². The summed E-state index contributed by atoms with van der Waals surface area (Å²) in [4.78, 5) is 22.8. The molecule has 1 aliphatic heterocycles. The van der Waals surface area contributed by atoms with Crippen LogP contribution in [-0.2, 0) is 14.3 Å². The number of carbonyl (C=O) groups is 2. The lowest BCUT2D eigenvalue weighted by Gasteiger charge is -2.19. The van der Waals surface area contributed by atoms with Gasteiger partial charge in [0.1, 0.15) is 6.10 Å². The van der Waals surface area contributed by atoms with Crippen LogP contribution in [0, 0.1) is 0 Å². The summed E-state index contributed by atoms with van der Waals surface area (Å²) in [7, 11) is 0. The van der Waals surface area contributed by atoms with Gasteiger partial charge in [-0.2, -0.15) is 0 Å². The van der Waals surface area contributed by atoms with E-state index in [0.717, 1.165) is 19.4 Å². The Kier molecular flexibility index (Phi) is 9.21. The molecule has 1 amide bonds. The summed E-state index contributed by atoms with van der Waals surface area (Å²) in [6.07, 6.45) is 2.20. The van der Waals surface area contributed by atoms with Crippen molar-refractivity contribution in [2.24, 2.45) is 0 Å². The van der Waals surface area contributed by atoms with Gasteiger partial charge in [0.2, 0.25) is 5.91 Å². The Labute approximate surface area is 116 Å². The molecule has 1 aliphatic rings. The second-order valence-electron chi connectivity index (χ2n) is 4.54. The van der Waals surface area contributed by atoms with Gasteiger partial charge < -0.3 is 15.4 Å². The van der Waals surface area contributed by atoms with E-state index < -0.39 is 0 Å². The van der Waals surface area contributed by atoms with Crippen molar-refractivity contribution >= 4 is 11.9 Å². The van der Waals surface area contributed by atoms with Crippen molar-refractivity contribution in [3.05, 3.63) is 0 Å². The van der Waals surface area contributed by atoms with Crippen LogP contribution in [0.1, 0.15) is 53.9 Å². The zero-order valence-electron chi connectivity index (χ0n) is 12.8. The first-order valence-electron chi connectivity index (χ1n) is 7.27. The van der Waals surface area contributed by atoms with Crippen LogP contribution in [0.2, 0.25) is 0 Å². The lowest BCUT2D eigenvalue weighted by molar-refractivity contribution is -0.141. The number of ether oxygens (including phenoxy) is 1. The smallest absolute Gasteiger partial charge is 0.308 e. The monoisotopic (exact) mass is 272 g/mol. The molecule has 0 aromatic rings. The van der Waals surface area contributed by atoms with E-state index >= 15 is 0 Å². The van der Waals surface area contributed by atoms with Gasteiger partial charge in [-0.15, -0.1) is 0 Å². The molecule has 19 heavy (non-hydrogen) atoms. The van der Waals surface area contributed by atoms with Crippen molar-refractivity contribution in [3.63, 3.8) is 0 Å². The molecule has 0 aliphatic carbocycles. The predicted octanol–water partition coefficient (Wildman–Crippen LogP) is 1.61. The number of nitrogens with one attached hydrogen (secondary N) is 2. The van der Waals surface area contributed by atoms with Crippen LogP contribution in [0.15, 0.2) is 0 Å². The number of carbonyl (C=O) groups excluding carboxylic acids is 2. The number of esters is 1. The minimum Gasteiger partial charge on any atom is -0.460 e. The number of hydrogen-bond acceptors (Lipinski definition) is 4. The van der Waals surface area contributed by atoms with Crippen LogP contribution in [0.3, 0.4) is 0 Å². The number of rotatable bonds is 6. The molecule has 5 heteroatoms. The minimum atomic E-state index is -0.241. The summed E-state index contributed by atoms with van der Waals surface area (Å²) in [5.74, 6) is -0.314. The largest absolute Gasteiger partial charge is 0.460 e. The molecule has 0 radical (unpaired) electrons. The van der Waals surface area contributed by atoms with Gasteiger partial charge in [0.15, 0.2) is 0 Å². The van der Waals surface area contributed by atoms with E-state index in [4.69, 9.17) is 4.74 Å². The fourth-order valence-electron chi connectivity index (χ4n) is 1.75. The first kappa shape index (κ1) is 17.9. The molecule has 1 fully saturated rings. The SMILES string of the molecule is CC.CCCCN[C@@H](C)C(=O)N[C@H]1CC(=O)O[C@H]1C. The molecule has 0 spiro atoms. The Morgan fingerprint density at radius 2 is 2.11 bits per heavy atom. The van der Waals surface area contributed by atoms with Gasteiger partial charge in [-0.1, -0.05) is 27.2 Å². The van der Waals surface area contributed by atoms with Gasteiger partial charge in [-0.3, -0.25) is 9.59 Å². The lowest BCUT2D eigenvalue weighted by atomic mass is 10.1. The summed E-state index contributed by atoms with van der Waals surface area (Å²) in [6, 6.07) is -0.421. The van der Waals surface area contributed by atoms with E-state index in [1.165, 1.54) is 0 Å². The zero-order chi connectivity index (χ0) is 14.8. The minimum absolute atomic E-state index is 0.0729. The van der Waals surface area contributed by atoms with Gasteiger partial charge in [0, 0.05) is 0 Å². The lowest BCUT2D eigenvalue weighted by Crippen LogP contribution is -2.48. The highest BCUT2D eigenvalue weighted by atomic mass is 16.6. The highest BCUT2D eigenvalue weighted by Gasteiger charge is 2.33. The fraction of sp³-hybridized carbons (Fsp3) is 0.857. The van der Waals surface area contributed by atoms with Crippen molar-refractivity contribution in [1.82, 2.24) is 10.6 Å². The summed E-state index contributed by atoms with van der Waals surface area (Å²) in [5.41, 5.74) is 0. The molecule has 0 saturated carbocycles. The number of hydrogen-bond donors (Lipinski definition) is 2. The van der Waals surface area contributed by atoms with E-state index in [0.29, 0.717) is 0 Å². The van der Waals surface area contributed by atoms with E-state index in [2.05, 4.69) is 17.6 Å². The molecular formula is C14H28N2O3. The first-order chi connectivity index (χ1) is 9.04. The van der Waals surface area contributed by atoms with Gasteiger partial charge in [0.05, 0.1) is 18.5 Å². The Balaban J connectivity index is 0.00000154. The van der Waals surface area contributed by atoms with Gasteiger partial charge >= 0.3 is 5.97 Å². The third kappa shape index (κ3) is 6.57. The molecule has 5 nitrogen and oxygen atoms in total. The van der Waals surface area contributed by atoms with Gasteiger partial charge in [-0.25, -0.2) is 0 Å². The average Bonchev–Trinajstić information content (AvgIpc) is 2.70. The van der Waals surface area contributed by atoms with Crippen LogP contribution in [0.5, 0.6) is 0 Å². The third-order valence-electron chi connectivity index (χ3n) is 2.97. The molecule has 1 saturated heterocycles. The summed E-state index contributed by atoms with van der Waals surface area (Å²) >= 11 is 0. The molecule has 0 bridgehead atoms. The Morgan fingerprint density at radius 1 is 1.47 bits per heavy atom. The van der Waals surface area contributed by atoms with Crippen molar-refractivity contribution < 1.29 is 14.3 Å². The average molecular weight is 272 g/mol. The predicted molar refractivity (Wildman–Crippen MR) is 75.8 cm³/mol. The second kappa shape index (κ2) is 9.78. The summed E-state index contributed by atoms with van der Waals surface area (Å²) in [5, 5.41) is 5.98. The Bertz CT molecular complexity index is 282. The van der Waals surface area contributed by atoms with Crippen LogP contribution in [-0.4, -0.2) is 36.6 Å². The van der Waals surface area contributed by atoms with Crippen LogP contribution >= 0.6 is 0 Å². The Morgan fingerprint density at radius 3 is 2.58 bits per heavy atom. The maximum atomic E-state index is 11.8. The molecule has 0 aromatic heterocycles. The highest BCUT2D eigenvalue weighted by molar-refractivity contribution is 5.83. The first-order valence-corrected chi connectivity index (χ1v) is 7.27. The van der Waals surface area contributed by atoms with Crippen molar-refractivity contribution in [1.29, 1.82) is 0 Å². The van der Waals surface area contributed by atoms with Gasteiger partial charge in [0.25, 0.3) is 0 Å². The Hall–Kier alpha value is -1.10. The van der Waals surface area contributed by atoms with Crippen molar-refractivity contribution in [2.45, 2.75) is 72.1 Å². The molecule has 3 atom stereocenters. The molecule has 0 unspecified atom stereocenters. The molecule has 112 valence electrons. The van der Waals surface area contributed by atoms with Crippen molar-refractivity contribution in [2.75, 3.05) is 6.54 Å². The number of amides is 1. The van der Waals surface area contributed by atoms with Crippen LogP contribution in [0.4, 0.5) is 0 Å². The molecule has 1 rings (SSSR count). The van der Waals surface area contributed by atoms with Crippen LogP contribution < -0.4 is 10.6 Å². The normalized spacial score (nSPS) is 23.1. The topological polar surface area (TPSA) is 67.4 Å². The molecule has 1 heterocycles. The number of cyclic esters (lactones) is 1. The molecule has 0 aromatic carbocycles.